The number of nitrogens with one attached hydrogen (secondary N) is 2. The minimum atomic E-state index is 1.05. The highest BCUT2D eigenvalue weighted by Gasteiger charge is 2.46. The summed E-state index contributed by atoms with van der Waals surface area (Å²) in [7, 11) is 0. The van der Waals surface area contributed by atoms with Crippen molar-refractivity contribution in [1.29, 1.82) is 0 Å². The monoisotopic (exact) mass is 250 g/mol. The molecule has 3 atom stereocenters. The van der Waals surface area contributed by atoms with Crippen molar-refractivity contribution in [3.05, 3.63) is 0 Å². The first-order chi connectivity index (χ1) is 8.90. The van der Waals surface area contributed by atoms with E-state index in [2.05, 4.69) is 0 Å². The van der Waals surface area contributed by atoms with E-state index < -0.39 is 0 Å². The van der Waals surface area contributed by atoms with Gasteiger partial charge in [-0.2, -0.15) is 0 Å². The summed E-state index contributed by atoms with van der Waals surface area (Å²) >= 11 is 0. The van der Waals surface area contributed by atoms with Gasteiger partial charge in [0.15, 0.2) is 0 Å². The van der Waals surface area contributed by atoms with E-state index >= 15 is 0 Å². The maximum Gasteiger partial charge on any atom is 0.127 e. The van der Waals surface area contributed by atoms with Gasteiger partial charge in [0.05, 0.1) is 12.1 Å². The van der Waals surface area contributed by atoms with Crippen LogP contribution in [-0.4, -0.2) is 38.3 Å². The number of fused-ring (bicyclic) bond motifs is 2. The molecule has 1 saturated heterocycles. The summed E-state index contributed by atoms with van der Waals surface area (Å²) in [5.74, 6) is 2.26. The van der Waals surface area contributed by atoms with Crippen molar-refractivity contribution in [2.75, 3.05) is 26.2 Å². The number of quaternary nitrogens is 2. The molecule has 1 heterocycles. The number of piperazine rings is 1. The Morgan fingerprint density at radius 3 is 2.00 bits per heavy atom. The van der Waals surface area contributed by atoms with E-state index in [1.807, 2.05) is 9.80 Å². The zero-order valence-electron chi connectivity index (χ0n) is 11.8. The van der Waals surface area contributed by atoms with Crippen molar-refractivity contribution in [1.82, 2.24) is 0 Å². The minimum Gasteiger partial charge on any atom is -0.323 e. The quantitative estimate of drug-likeness (QED) is 0.677. The molecular formula is C16H30N2+2. The lowest BCUT2D eigenvalue weighted by Gasteiger charge is -2.38. The molecule has 0 radical (unpaired) electrons. The SMILES string of the molecule is C1CCC([NH+]2CC[NH+](C3CC4CCC3C4)CC2)C1. The van der Waals surface area contributed by atoms with E-state index in [1.165, 1.54) is 51.9 Å². The number of hydrogen-bond donors (Lipinski definition) is 2. The summed E-state index contributed by atoms with van der Waals surface area (Å²) in [5.41, 5.74) is 0. The molecular weight excluding hydrogens is 220 g/mol. The Balaban J connectivity index is 1.32. The van der Waals surface area contributed by atoms with Gasteiger partial charge in [-0.3, -0.25) is 0 Å². The third-order valence-corrected chi connectivity index (χ3v) is 6.73. The minimum absolute atomic E-state index is 1.05. The summed E-state index contributed by atoms with van der Waals surface area (Å²) in [5, 5.41) is 0. The van der Waals surface area contributed by atoms with Crippen molar-refractivity contribution in [2.45, 2.75) is 63.5 Å². The lowest BCUT2D eigenvalue weighted by atomic mass is 9.93. The van der Waals surface area contributed by atoms with Gasteiger partial charge in [0.25, 0.3) is 0 Å². The van der Waals surface area contributed by atoms with E-state index in [9.17, 15) is 0 Å². The molecule has 4 fully saturated rings. The van der Waals surface area contributed by atoms with Crippen LogP contribution in [0.2, 0.25) is 0 Å². The van der Waals surface area contributed by atoms with E-state index in [0.717, 1.165) is 23.9 Å². The second-order valence-electron chi connectivity index (χ2n) is 7.58. The molecule has 0 aromatic heterocycles. The van der Waals surface area contributed by atoms with Crippen molar-refractivity contribution in [3.63, 3.8) is 0 Å². The van der Waals surface area contributed by atoms with Crippen LogP contribution >= 0.6 is 0 Å². The molecule has 0 aromatic rings. The molecule has 3 saturated carbocycles. The van der Waals surface area contributed by atoms with Crippen LogP contribution in [0.3, 0.4) is 0 Å². The number of rotatable bonds is 2. The Labute approximate surface area is 112 Å². The van der Waals surface area contributed by atoms with Crippen molar-refractivity contribution in [3.8, 4) is 0 Å². The van der Waals surface area contributed by atoms with Crippen LogP contribution < -0.4 is 9.80 Å². The molecule has 2 N–H and O–H groups in total. The molecule has 2 bridgehead atoms. The van der Waals surface area contributed by atoms with Gasteiger partial charge in [-0.25, -0.2) is 0 Å². The average Bonchev–Trinajstić information content (AvgIpc) is 3.16. The lowest BCUT2D eigenvalue weighted by molar-refractivity contribution is -1.03. The van der Waals surface area contributed by atoms with E-state index in [1.54, 1.807) is 25.7 Å². The third kappa shape index (κ3) is 2.02. The van der Waals surface area contributed by atoms with Crippen LogP contribution in [0.1, 0.15) is 51.4 Å². The first-order valence-electron chi connectivity index (χ1n) is 8.59. The molecule has 4 rings (SSSR count). The second kappa shape index (κ2) is 4.79. The highest BCUT2D eigenvalue weighted by molar-refractivity contribution is 4.90. The summed E-state index contributed by atoms with van der Waals surface area (Å²) in [4.78, 5) is 3.98. The Kier molecular flexibility index (Phi) is 3.12. The van der Waals surface area contributed by atoms with Gasteiger partial charge >= 0.3 is 0 Å². The Morgan fingerprint density at radius 2 is 1.39 bits per heavy atom. The highest BCUT2D eigenvalue weighted by atomic mass is 15.3. The van der Waals surface area contributed by atoms with Gasteiger partial charge in [0, 0.05) is 12.3 Å². The van der Waals surface area contributed by atoms with Crippen molar-refractivity contribution < 1.29 is 9.80 Å². The zero-order valence-corrected chi connectivity index (χ0v) is 11.8. The smallest absolute Gasteiger partial charge is 0.127 e. The molecule has 0 spiro atoms. The third-order valence-electron chi connectivity index (χ3n) is 6.73. The van der Waals surface area contributed by atoms with Crippen LogP contribution in [0.15, 0.2) is 0 Å². The fourth-order valence-corrected chi connectivity index (χ4v) is 5.75. The molecule has 2 heteroatoms. The van der Waals surface area contributed by atoms with Gasteiger partial charge in [0.2, 0.25) is 0 Å². The van der Waals surface area contributed by atoms with E-state index in [-0.39, 0.29) is 0 Å². The van der Waals surface area contributed by atoms with Crippen LogP contribution in [0.5, 0.6) is 0 Å². The van der Waals surface area contributed by atoms with Gasteiger partial charge in [-0.1, -0.05) is 0 Å². The van der Waals surface area contributed by atoms with Gasteiger partial charge in [-0.05, 0) is 50.9 Å². The molecule has 102 valence electrons. The summed E-state index contributed by atoms with van der Waals surface area (Å²) in [6.07, 6.45) is 12.4. The van der Waals surface area contributed by atoms with Gasteiger partial charge in [0.1, 0.15) is 26.2 Å². The topological polar surface area (TPSA) is 8.88 Å². The van der Waals surface area contributed by atoms with Gasteiger partial charge < -0.3 is 9.80 Å². The van der Waals surface area contributed by atoms with Crippen LogP contribution in [0.25, 0.3) is 0 Å². The molecule has 1 aliphatic heterocycles. The first kappa shape index (κ1) is 11.7. The van der Waals surface area contributed by atoms with E-state index in [0.29, 0.717) is 0 Å². The standard InChI is InChI=1S/C16H28N2/c1-2-4-15(3-1)17-7-9-18(10-8-17)16-12-13-5-6-14(16)11-13/h13-16H,1-12H2/p+2. The maximum atomic E-state index is 2.00. The maximum absolute atomic E-state index is 2.00. The lowest BCUT2D eigenvalue weighted by Crippen LogP contribution is -3.31. The molecule has 2 nitrogen and oxygen atoms in total. The van der Waals surface area contributed by atoms with Crippen LogP contribution in [0, 0.1) is 11.8 Å². The average molecular weight is 250 g/mol. The fraction of sp³-hybridized carbons (Fsp3) is 1.00. The zero-order chi connectivity index (χ0) is 11.9. The van der Waals surface area contributed by atoms with Crippen LogP contribution in [-0.2, 0) is 0 Å². The Bertz CT molecular complexity index is 289. The van der Waals surface area contributed by atoms with Crippen LogP contribution in [0.4, 0.5) is 0 Å². The predicted octanol–water partition coefficient (Wildman–Crippen LogP) is -0.0990. The summed E-state index contributed by atoms with van der Waals surface area (Å²) < 4.78 is 0. The summed E-state index contributed by atoms with van der Waals surface area (Å²) in [6, 6.07) is 2.13. The summed E-state index contributed by atoms with van der Waals surface area (Å²) in [6.45, 7) is 5.93. The molecule has 3 aliphatic carbocycles. The molecule has 0 aromatic carbocycles. The molecule has 4 aliphatic rings. The molecule has 3 unspecified atom stereocenters. The van der Waals surface area contributed by atoms with Crippen molar-refractivity contribution in [2.24, 2.45) is 11.8 Å². The molecule has 18 heavy (non-hydrogen) atoms. The number of hydrogen-bond acceptors (Lipinski definition) is 0. The predicted molar refractivity (Wildman–Crippen MR) is 72.9 cm³/mol. The molecule has 0 amide bonds. The Morgan fingerprint density at radius 1 is 0.667 bits per heavy atom. The second-order valence-corrected chi connectivity index (χ2v) is 7.58. The largest absolute Gasteiger partial charge is 0.323 e. The van der Waals surface area contributed by atoms with E-state index in [4.69, 9.17) is 0 Å². The fourth-order valence-electron chi connectivity index (χ4n) is 5.75. The van der Waals surface area contributed by atoms with Crippen molar-refractivity contribution >= 4 is 0 Å². The highest BCUT2D eigenvalue weighted by Crippen LogP contribution is 2.43. The normalized spacial score (nSPS) is 49.0. The Hall–Kier alpha value is -0.0800. The first-order valence-corrected chi connectivity index (χ1v) is 8.59. The van der Waals surface area contributed by atoms with Gasteiger partial charge in [-0.15, -0.1) is 0 Å².